The lowest BCUT2D eigenvalue weighted by Gasteiger charge is -2.15. The zero-order chi connectivity index (χ0) is 9.56. The van der Waals surface area contributed by atoms with Gasteiger partial charge in [0.15, 0.2) is 0 Å². The number of allylic oxidation sites excluding steroid dienone is 2. The van der Waals surface area contributed by atoms with Crippen LogP contribution in [0.5, 0.6) is 0 Å². The molecule has 0 aliphatic rings. The molecule has 0 saturated heterocycles. The Kier molecular flexibility index (Phi) is 6.23. The van der Waals surface area contributed by atoms with Crippen molar-refractivity contribution in [3.63, 3.8) is 0 Å². The quantitative estimate of drug-likeness (QED) is 0.542. The fraction of sp³-hybridized carbons (Fsp3) is 0.818. The van der Waals surface area contributed by atoms with Crippen LogP contribution in [0.1, 0.15) is 47.0 Å². The van der Waals surface area contributed by atoms with E-state index in [1.54, 1.807) is 5.47 Å². The van der Waals surface area contributed by atoms with Crippen LogP contribution < -0.4 is 0 Å². The number of rotatable bonds is 5. The molecule has 69 valence electrons. The van der Waals surface area contributed by atoms with Gasteiger partial charge in [0.25, 0.3) is 0 Å². The van der Waals surface area contributed by atoms with Crippen molar-refractivity contribution in [2.75, 3.05) is 0 Å². The smallest absolute Gasteiger partial charge is 0.110 e. The van der Waals surface area contributed by atoms with Crippen molar-refractivity contribution in [1.82, 2.24) is 0 Å². The van der Waals surface area contributed by atoms with E-state index < -0.39 is 0 Å². The van der Waals surface area contributed by atoms with Gasteiger partial charge in [0.2, 0.25) is 0 Å². The maximum absolute atomic E-state index is 2.28. The van der Waals surface area contributed by atoms with E-state index in [-0.39, 0.29) is 0 Å². The predicted molar refractivity (Wildman–Crippen MR) is 58.7 cm³/mol. The van der Waals surface area contributed by atoms with Crippen molar-refractivity contribution in [2.24, 2.45) is 5.92 Å². The number of hydrogen-bond donors (Lipinski definition) is 0. The first-order valence-electron chi connectivity index (χ1n) is 5.11. The summed E-state index contributed by atoms with van der Waals surface area (Å²) in [6.45, 7) is 11.1. The van der Waals surface area contributed by atoms with Crippen LogP contribution in [0.15, 0.2) is 11.0 Å². The van der Waals surface area contributed by atoms with Crippen molar-refractivity contribution < 1.29 is 0 Å². The molecule has 12 heavy (non-hydrogen) atoms. The van der Waals surface area contributed by atoms with Gasteiger partial charge in [-0.3, -0.25) is 0 Å². The highest BCUT2D eigenvalue weighted by Crippen LogP contribution is 2.19. The summed E-state index contributed by atoms with van der Waals surface area (Å²) < 4.78 is 0. The Morgan fingerprint density at radius 1 is 1.17 bits per heavy atom. The van der Waals surface area contributed by atoms with E-state index in [4.69, 9.17) is 0 Å². The fourth-order valence-corrected chi connectivity index (χ4v) is 1.50. The third kappa shape index (κ3) is 3.99. The van der Waals surface area contributed by atoms with Crippen LogP contribution in [0, 0.1) is 5.92 Å². The van der Waals surface area contributed by atoms with Gasteiger partial charge >= 0.3 is 0 Å². The average molecular weight is 165 g/mol. The first kappa shape index (κ1) is 11.8. The Balaban J connectivity index is 4.10. The van der Waals surface area contributed by atoms with Gasteiger partial charge in [-0.25, -0.2) is 0 Å². The second kappa shape index (κ2) is 6.34. The van der Waals surface area contributed by atoms with Gasteiger partial charge in [-0.15, -0.1) is 5.47 Å². The van der Waals surface area contributed by atoms with Crippen LogP contribution in [-0.2, 0) is 0 Å². The van der Waals surface area contributed by atoms with Gasteiger partial charge in [-0.1, -0.05) is 39.1 Å². The SMILES string of the molecule is C[B]C(CC(CC)CC)=C(C)C. The minimum atomic E-state index is 0.881. The highest BCUT2D eigenvalue weighted by atomic mass is 14.1. The highest BCUT2D eigenvalue weighted by Gasteiger charge is 2.06. The molecule has 0 rings (SSSR count). The highest BCUT2D eigenvalue weighted by molar-refractivity contribution is 6.43. The lowest BCUT2D eigenvalue weighted by atomic mass is 9.66. The van der Waals surface area contributed by atoms with E-state index in [1.807, 2.05) is 0 Å². The average Bonchev–Trinajstić information content (AvgIpc) is 2.06. The van der Waals surface area contributed by atoms with E-state index in [1.165, 1.54) is 24.8 Å². The zero-order valence-corrected chi connectivity index (χ0v) is 9.28. The Bertz CT molecular complexity index is 139. The largest absolute Gasteiger partial charge is 0.142 e. The maximum Gasteiger partial charge on any atom is 0.142 e. The molecule has 1 radical (unpaired) electrons. The summed E-state index contributed by atoms with van der Waals surface area (Å²) in [6, 6.07) is 0. The molecule has 1 heteroatoms. The molecular formula is C11H22B. The van der Waals surface area contributed by atoms with Crippen LogP contribution in [0.25, 0.3) is 0 Å². The van der Waals surface area contributed by atoms with E-state index in [0.29, 0.717) is 0 Å². The molecule has 0 saturated carbocycles. The standard InChI is InChI=1S/C11H22B/c1-6-10(7-2)8-11(12-5)9(3)4/h10H,6-8H2,1-5H3. The Morgan fingerprint density at radius 2 is 1.67 bits per heavy atom. The molecule has 0 amide bonds. The zero-order valence-electron chi connectivity index (χ0n) is 9.28. The third-order valence-electron chi connectivity index (χ3n) is 2.65. The molecular weight excluding hydrogens is 143 g/mol. The van der Waals surface area contributed by atoms with E-state index in [9.17, 15) is 0 Å². The minimum absolute atomic E-state index is 0.881. The summed E-state index contributed by atoms with van der Waals surface area (Å²) in [6.07, 6.45) is 3.88. The Labute approximate surface area is 78.7 Å². The summed E-state index contributed by atoms with van der Waals surface area (Å²) >= 11 is 0. The lowest BCUT2D eigenvalue weighted by molar-refractivity contribution is 0.494. The Morgan fingerprint density at radius 3 is 1.92 bits per heavy atom. The summed E-state index contributed by atoms with van der Waals surface area (Å²) in [5.74, 6) is 0.881. The van der Waals surface area contributed by atoms with Gasteiger partial charge in [-0.2, -0.15) is 0 Å². The molecule has 0 fully saturated rings. The second-order valence-corrected chi connectivity index (χ2v) is 3.70. The maximum atomic E-state index is 2.28. The van der Waals surface area contributed by atoms with E-state index >= 15 is 0 Å². The normalized spacial score (nSPS) is 10.2. The van der Waals surface area contributed by atoms with Crippen LogP contribution in [0.2, 0.25) is 6.82 Å². The lowest BCUT2D eigenvalue weighted by Crippen LogP contribution is -2.03. The van der Waals surface area contributed by atoms with E-state index in [0.717, 1.165) is 5.92 Å². The molecule has 0 bridgehead atoms. The molecule has 0 spiro atoms. The first-order valence-corrected chi connectivity index (χ1v) is 5.11. The fourth-order valence-electron chi connectivity index (χ4n) is 1.50. The van der Waals surface area contributed by atoms with Crippen LogP contribution in [0.3, 0.4) is 0 Å². The predicted octanol–water partition coefficient (Wildman–Crippen LogP) is 3.86. The van der Waals surface area contributed by atoms with Crippen molar-refractivity contribution in [3.05, 3.63) is 11.0 Å². The minimum Gasteiger partial charge on any atom is -0.110 e. The molecule has 0 N–H and O–H groups in total. The second-order valence-electron chi connectivity index (χ2n) is 3.70. The molecule has 0 unspecified atom stereocenters. The molecule has 0 nitrogen and oxygen atoms in total. The summed E-state index contributed by atoms with van der Waals surface area (Å²) in [5.41, 5.74) is 3.02. The van der Waals surface area contributed by atoms with Crippen molar-refractivity contribution >= 4 is 7.28 Å². The summed E-state index contributed by atoms with van der Waals surface area (Å²) in [7, 11) is 2.26. The molecule has 0 heterocycles. The monoisotopic (exact) mass is 165 g/mol. The van der Waals surface area contributed by atoms with Gasteiger partial charge in [0.05, 0.1) is 0 Å². The van der Waals surface area contributed by atoms with Crippen molar-refractivity contribution in [1.29, 1.82) is 0 Å². The molecule has 0 aromatic rings. The molecule has 0 aliphatic carbocycles. The molecule has 0 aromatic heterocycles. The van der Waals surface area contributed by atoms with E-state index in [2.05, 4.69) is 41.8 Å². The van der Waals surface area contributed by atoms with Gasteiger partial charge in [0.1, 0.15) is 7.28 Å². The Hall–Kier alpha value is -0.195. The van der Waals surface area contributed by atoms with Gasteiger partial charge < -0.3 is 0 Å². The van der Waals surface area contributed by atoms with Crippen LogP contribution in [0.4, 0.5) is 0 Å². The topological polar surface area (TPSA) is 0 Å². The molecule has 0 aromatic carbocycles. The molecule has 0 aliphatic heterocycles. The molecule has 0 atom stereocenters. The number of hydrogen-bond acceptors (Lipinski definition) is 0. The van der Waals surface area contributed by atoms with Gasteiger partial charge in [0, 0.05) is 0 Å². The van der Waals surface area contributed by atoms with Crippen molar-refractivity contribution in [2.45, 2.75) is 53.8 Å². The first-order chi connectivity index (χ1) is 5.65. The van der Waals surface area contributed by atoms with Crippen LogP contribution >= 0.6 is 0 Å². The summed E-state index contributed by atoms with van der Waals surface area (Å²) in [5, 5.41) is 0. The van der Waals surface area contributed by atoms with Gasteiger partial charge in [-0.05, 0) is 26.2 Å². The summed E-state index contributed by atoms with van der Waals surface area (Å²) in [4.78, 5) is 0. The van der Waals surface area contributed by atoms with Crippen LogP contribution in [-0.4, -0.2) is 7.28 Å². The third-order valence-corrected chi connectivity index (χ3v) is 2.65. The van der Waals surface area contributed by atoms with Crippen molar-refractivity contribution in [3.8, 4) is 0 Å².